The molecule has 19 heavy (non-hydrogen) atoms. The third-order valence-electron chi connectivity index (χ3n) is 2.52. The monoisotopic (exact) mass is 267 g/mol. The number of anilines is 1. The van der Waals surface area contributed by atoms with Crippen molar-refractivity contribution in [2.45, 2.75) is 0 Å². The van der Waals surface area contributed by atoms with Gasteiger partial charge in [0.25, 0.3) is 5.91 Å². The largest absolute Gasteiger partial charge is 0.495 e. The Labute approximate surface area is 109 Å². The van der Waals surface area contributed by atoms with Gasteiger partial charge in [-0.15, -0.1) is 0 Å². The molecule has 0 aromatic heterocycles. The first kappa shape index (κ1) is 14.5. The first-order valence-electron chi connectivity index (χ1n) is 5.26. The number of nitrogens with zero attached hydrogens (tertiary/aromatic N) is 1. The molecule has 0 aliphatic heterocycles. The summed E-state index contributed by atoms with van der Waals surface area (Å²) in [6.07, 6.45) is 0. The van der Waals surface area contributed by atoms with Gasteiger partial charge in [-0.25, -0.2) is 0 Å². The van der Waals surface area contributed by atoms with E-state index in [4.69, 9.17) is 14.9 Å². The van der Waals surface area contributed by atoms with Crippen molar-refractivity contribution < 1.29 is 29.3 Å². The molecule has 0 aliphatic rings. The number of para-hydroxylation sites is 2. The molecule has 0 radical (unpaired) electrons. The van der Waals surface area contributed by atoms with Gasteiger partial charge in [0.15, 0.2) is 0 Å². The molecule has 0 unspecified atom stereocenters. The average Bonchev–Trinajstić information content (AvgIpc) is 2.36. The van der Waals surface area contributed by atoms with Crippen LogP contribution in [0.2, 0.25) is 0 Å². The van der Waals surface area contributed by atoms with Crippen LogP contribution in [0.3, 0.4) is 0 Å². The lowest BCUT2D eigenvalue weighted by Crippen LogP contribution is -2.41. The Morgan fingerprint density at radius 1 is 1.16 bits per heavy atom. The lowest BCUT2D eigenvalue weighted by Gasteiger charge is -2.21. The first-order chi connectivity index (χ1) is 8.90. The average molecular weight is 267 g/mol. The number of carboxylic acids is 2. The van der Waals surface area contributed by atoms with Crippen LogP contribution in [0.1, 0.15) is 0 Å². The van der Waals surface area contributed by atoms with Gasteiger partial charge in [-0.2, -0.15) is 0 Å². The lowest BCUT2D eigenvalue weighted by molar-refractivity contribution is -0.157. The first-order valence-corrected chi connectivity index (χ1v) is 5.26. The van der Waals surface area contributed by atoms with Gasteiger partial charge in [0.05, 0.1) is 12.8 Å². The van der Waals surface area contributed by atoms with Crippen LogP contribution in [0, 0.1) is 5.92 Å². The van der Waals surface area contributed by atoms with Crippen molar-refractivity contribution in [3.63, 3.8) is 0 Å². The topological polar surface area (TPSA) is 104 Å². The number of benzene rings is 1. The molecule has 2 N–H and O–H groups in total. The number of methoxy groups -OCH3 is 1. The molecule has 7 heteroatoms. The van der Waals surface area contributed by atoms with Gasteiger partial charge in [0.1, 0.15) is 5.75 Å². The minimum absolute atomic E-state index is 0.294. The maximum atomic E-state index is 11.9. The van der Waals surface area contributed by atoms with Crippen molar-refractivity contribution in [1.82, 2.24) is 0 Å². The van der Waals surface area contributed by atoms with Crippen LogP contribution in [0.15, 0.2) is 24.3 Å². The third kappa shape index (κ3) is 3.01. The van der Waals surface area contributed by atoms with Crippen LogP contribution in [-0.2, 0) is 14.4 Å². The van der Waals surface area contributed by atoms with Crippen LogP contribution in [-0.4, -0.2) is 42.2 Å². The van der Waals surface area contributed by atoms with Crippen molar-refractivity contribution in [3.05, 3.63) is 24.3 Å². The molecular formula is C12H13NO6. The number of carbonyl (C=O) groups excluding carboxylic acids is 1. The molecule has 1 aromatic rings. The van der Waals surface area contributed by atoms with Gasteiger partial charge in [0.2, 0.25) is 5.92 Å². The SMILES string of the molecule is COc1ccccc1N(C)C(=O)C(C(=O)O)C(=O)O. The predicted molar refractivity (Wildman–Crippen MR) is 65.2 cm³/mol. The molecule has 7 nitrogen and oxygen atoms in total. The summed E-state index contributed by atoms with van der Waals surface area (Å²) in [5.41, 5.74) is 0.294. The Hall–Kier alpha value is -2.57. The van der Waals surface area contributed by atoms with E-state index in [2.05, 4.69) is 0 Å². The highest BCUT2D eigenvalue weighted by atomic mass is 16.5. The highest BCUT2D eigenvalue weighted by Gasteiger charge is 2.37. The van der Waals surface area contributed by atoms with E-state index in [-0.39, 0.29) is 0 Å². The second-order valence-electron chi connectivity index (χ2n) is 3.68. The third-order valence-corrected chi connectivity index (χ3v) is 2.52. The highest BCUT2D eigenvalue weighted by molar-refractivity contribution is 6.18. The molecule has 0 heterocycles. The van der Waals surface area contributed by atoms with E-state index in [1.165, 1.54) is 20.2 Å². The molecule has 1 aromatic carbocycles. The Bertz CT molecular complexity index is 499. The molecule has 0 saturated heterocycles. The zero-order chi connectivity index (χ0) is 14.6. The quantitative estimate of drug-likeness (QED) is 0.750. The Morgan fingerprint density at radius 3 is 2.16 bits per heavy atom. The van der Waals surface area contributed by atoms with Crippen molar-refractivity contribution in [3.8, 4) is 5.75 Å². The summed E-state index contributed by atoms with van der Waals surface area (Å²) in [4.78, 5) is 34.5. The molecule has 0 atom stereocenters. The standard InChI is InChI=1S/C12H13NO6/c1-13(7-5-3-4-6-8(7)19-2)10(14)9(11(15)16)12(17)18/h3-6,9H,1-2H3,(H,15,16)(H,17,18). The molecule has 0 bridgehead atoms. The van der Waals surface area contributed by atoms with E-state index in [1.807, 2.05) is 0 Å². The summed E-state index contributed by atoms with van der Waals surface area (Å²) in [6, 6.07) is 6.40. The summed E-state index contributed by atoms with van der Waals surface area (Å²) < 4.78 is 5.03. The van der Waals surface area contributed by atoms with E-state index in [0.717, 1.165) is 4.90 Å². The second kappa shape index (κ2) is 5.85. The normalized spacial score (nSPS) is 10.1. The van der Waals surface area contributed by atoms with Gasteiger partial charge >= 0.3 is 11.9 Å². The highest BCUT2D eigenvalue weighted by Crippen LogP contribution is 2.27. The molecular weight excluding hydrogens is 254 g/mol. The number of carbonyl (C=O) groups is 3. The Kier molecular flexibility index (Phi) is 4.46. The fourth-order valence-corrected chi connectivity index (χ4v) is 1.54. The number of amides is 1. The summed E-state index contributed by atoms with van der Waals surface area (Å²) >= 11 is 0. The number of ether oxygens (including phenoxy) is 1. The van der Waals surface area contributed by atoms with Crippen molar-refractivity contribution in [2.24, 2.45) is 5.92 Å². The van der Waals surface area contributed by atoms with Gasteiger partial charge in [-0.1, -0.05) is 12.1 Å². The van der Waals surface area contributed by atoms with Gasteiger partial charge < -0.3 is 19.8 Å². The number of rotatable bonds is 5. The summed E-state index contributed by atoms with van der Waals surface area (Å²) in [5, 5.41) is 17.6. The Morgan fingerprint density at radius 2 is 1.68 bits per heavy atom. The zero-order valence-electron chi connectivity index (χ0n) is 10.4. The van der Waals surface area contributed by atoms with E-state index in [0.29, 0.717) is 11.4 Å². The van der Waals surface area contributed by atoms with Crippen molar-refractivity contribution in [1.29, 1.82) is 0 Å². The fraction of sp³-hybridized carbons (Fsp3) is 0.250. The van der Waals surface area contributed by atoms with E-state index < -0.39 is 23.8 Å². The maximum absolute atomic E-state index is 11.9. The van der Waals surface area contributed by atoms with Crippen LogP contribution in [0.5, 0.6) is 5.75 Å². The van der Waals surface area contributed by atoms with Gasteiger partial charge in [-0.05, 0) is 12.1 Å². The van der Waals surface area contributed by atoms with Gasteiger partial charge in [0, 0.05) is 7.05 Å². The number of hydrogen-bond acceptors (Lipinski definition) is 4. The molecule has 0 saturated carbocycles. The predicted octanol–water partition coefficient (Wildman–Crippen LogP) is 0.443. The zero-order valence-corrected chi connectivity index (χ0v) is 10.4. The van der Waals surface area contributed by atoms with E-state index in [9.17, 15) is 14.4 Å². The fourth-order valence-electron chi connectivity index (χ4n) is 1.54. The minimum Gasteiger partial charge on any atom is -0.495 e. The molecule has 0 spiro atoms. The molecule has 0 fully saturated rings. The number of hydrogen-bond donors (Lipinski definition) is 2. The van der Waals surface area contributed by atoms with Crippen LogP contribution < -0.4 is 9.64 Å². The van der Waals surface area contributed by atoms with Crippen LogP contribution in [0.4, 0.5) is 5.69 Å². The smallest absolute Gasteiger partial charge is 0.327 e. The maximum Gasteiger partial charge on any atom is 0.327 e. The van der Waals surface area contributed by atoms with Gasteiger partial charge in [-0.3, -0.25) is 14.4 Å². The van der Waals surface area contributed by atoms with Crippen molar-refractivity contribution in [2.75, 3.05) is 19.1 Å². The summed E-state index contributed by atoms with van der Waals surface area (Å²) in [7, 11) is 2.68. The van der Waals surface area contributed by atoms with Crippen molar-refractivity contribution >= 4 is 23.5 Å². The summed E-state index contributed by atoms with van der Waals surface area (Å²) in [5.74, 6) is -6.27. The van der Waals surface area contributed by atoms with Crippen LogP contribution in [0.25, 0.3) is 0 Å². The lowest BCUT2D eigenvalue weighted by atomic mass is 10.1. The van der Waals surface area contributed by atoms with E-state index in [1.54, 1.807) is 18.2 Å². The molecule has 0 aliphatic carbocycles. The number of aliphatic carboxylic acids is 2. The van der Waals surface area contributed by atoms with E-state index >= 15 is 0 Å². The molecule has 1 rings (SSSR count). The molecule has 102 valence electrons. The second-order valence-corrected chi connectivity index (χ2v) is 3.68. The minimum atomic E-state index is -2.14. The summed E-state index contributed by atoms with van der Waals surface area (Å²) in [6.45, 7) is 0. The van der Waals surface area contributed by atoms with Crippen LogP contribution >= 0.6 is 0 Å². The molecule has 1 amide bonds. The number of carboxylic acid groups (broad SMARTS) is 2. The Balaban J connectivity index is 3.11.